The van der Waals surface area contributed by atoms with Gasteiger partial charge in [0.15, 0.2) is 0 Å². The molecule has 0 aliphatic carbocycles. The molecule has 2 aromatic carbocycles. The van der Waals surface area contributed by atoms with Crippen molar-refractivity contribution >= 4 is 51.9 Å². The Labute approximate surface area is 213 Å². The molecule has 2 aromatic heterocycles. The Kier molecular flexibility index (Phi) is 6.71. The Morgan fingerprint density at radius 1 is 1.11 bits per heavy atom. The molecule has 5 rings (SSSR count). The van der Waals surface area contributed by atoms with E-state index in [-0.39, 0.29) is 24.0 Å². The number of nitrogens with zero attached hydrogens (tertiary/aromatic N) is 2. The molecule has 36 heavy (non-hydrogen) atoms. The SMILES string of the molecule is Cc1ccsc1C(=O)Nc1cc(C(=O)N2CC(C)OC(C)C2)ccc1/C=C/c1n[nH]c2ccccc12. The van der Waals surface area contributed by atoms with E-state index in [1.807, 2.05) is 85.7 Å². The molecule has 1 aliphatic heterocycles. The second kappa shape index (κ2) is 10.1. The molecule has 0 radical (unpaired) electrons. The van der Waals surface area contributed by atoms with E-state index in [0.29, 0.717) is 29.2 Å². The predicted octanol–water partition coefficient (Wildman–Crippen LogP) is 5.60. The van der Waals surface area contributed by atoms with Crippen LogP contribution in [0.15, 0.2) is 53.9 Å². The molecule has 2 N–H and O–H groups in total. The number of rotatable bonds is 5. The van der Waals surface area contributed by atoms with Gasteiger partial charge >= 0.3 is 0 Å². The van der Waals surface area contributed by atoms with Crippen molar-refractivity contribution in [3.63, 3.8) is 0 Å². The van der Waals surface area contributed by atoms with Crippen LogP contribution in [0.5, 0.6) is 0 Å². The summed E-state index contributed by atoms with van der Waals surface area (Å²) in [6.07, 6.45) is 3.77. The molecular formula is C28H28N4O3S. The van der Waals surface area contributed by atoms with Gasteiger partial charge < -0.3 is 15.0 Å². The van der Waals surface area contributed by atoms with Gasteiger partial charge in [-0.05, 0) is 67.6 Å². The second-order valence-corrected chi connectivity index (χ2v) is 10.1. The molecular weight excluding hydrogens is 472 g/mol. The smallest absolute Gasteiger partial charge is 0.266 e. The zero-order chi connectivity index (χ0) is 25.2. The molecule has 2 amide bonds. The van der Waals surface area contributed by atoms with Gasteiger partial charge in [-0.3, -0.25) is 14.7 Å². The third kappa shape index (κ3) is 4.96. The number of aromatic nitrogens is 2. The Morgan fingerprint density at radius 2 is 1.89 bits per heavy atom. The number of carbonyl (C=O) groups excluding carboxylic acids is 2. The largest absolute Gasteiger partial charge is 0.372 e. The number of benzene rings is 2. The predicted molar refractivity (Wildman–Crippen MR) is 144 cm³/mol. The molecule has 4 aromatic rings. The zero-order valence-corrected chi connectivity index (χ0v) is 21.3. The van der Waals surface area contributed by atoms with Gasteiger partial charge in [-0.1, -0.05) is 30.3 Å². The van der Waals surface area contributed by atoms with E-state index < -0.39 is 0 Å². The highest BCUT2D eigenvalue weighted by Crippen LogP contribution is 2.26. The number of aromatic amines is 1. The molecule has 7 nitrogen and oxygen atoms in total. The third-order valence-corrected chi connectivity index (χ3v) is 7.26. The van der Waals surface area contributed by atoms with E-state index in [2.05, 4.69) is 15.5 Å². The van der Waals surface area contributed by atoms with Crippen LogP contribution in [0.25, 0.3) is 23.1 Å². The summed E-state index contributed by atoms with van der Waals surface area (Å²) >= 11 is 1.40. The number of para-hydroxylation sites is 1. The molecule has 2 atom stereocenters. The molecule has 184 valence electrons. The van der Waals surface area contributed by atoms with E-state index in [1.54, 1.807) is 6.07 Å². The van der Waals surface area contributed by atoms with Crippen LogP contribution in [0.2, 0.25) is 0 Å². The van der Waals surface area contributed by atoms with Crippen molar-refractivity contribution in [3.8, 4) is 0 Å². The van der Waals surface area contributed by atoms with Gasteiger partial charge in [-0.15, -0.1) is 11.3 Å². The normalized spacial score (nSPS) is 18.1. The average Bonchev–Trinajstić information content (AvgIpc) is 3.48. The number of carbonyl (C=O) groups is 2. The van der Waals surface area contributed by atoms with Crippen LogP contribution in [-0.4, -0.2) is 52.2 Å². The van der Waals surface area contributed by atoms with Crippen LogP contribution in [0.1, 0.15) is 50.7 Å². The van der Waals surface area contributed by atoms with E-state index in [4.69, 9.17) is 4.74 Å². The maximum atomic E-state index is 13.3. The first-order chi connectivity index (χ1) is 17.4. The van der Waals surface area contributed by atoms with Crippen molar-refractivity contribution in [1.82, 2.24) is 15.1 Å². The summed E-state index contributed by atoms with van der Waals surface area (Å²) in [5, 5.41) is 13.4. The summed E-state index contributed by atoms with van der Waals surface area (Å²) in [5.41, 5.74) is 4.55. The van der Waals surface area contributed by atoms with Crippen molar-refractivity contribution in [1.29, 1.82) is 0 Å². The number of amides is 2. The lowest BCUT2D eigenvalue weighted by molar-refractivity contribution is -0.0586. The Bertz CT molecular complexity index is 1440. The van der Waals surface area contributed by atoms with Gasteiger partial charge in [0.2, 0.25) is 0 Å². The summed E-state index contributed by atoms with van der Waals surface area (Å²) in [6.45, 7) is 6.92. The maximum absolute atomic E-state index is 13.3. The Hall–Kier alpha value is -3.75. The quantitative estimate of drug-likeness (QED) is 0.373. The molecule has 8 heteroatoms. The standard InChI is InChI=1S/C28H28N4O3S/c1-17-12-13-36-26(17)27(33)29-25-14-21(28(34)32-15-18(2)35-19(3)16-32)9-8-20(25)10-11-24-22-6-4-5-7-23(22)30-31-24/h4-14,18-19H,15-16H2,1-3H3,(H,29,33)(H,30,31)/b11-10+. The van der Waals surface area contributed by atoms with Gasteiger partial charge in [-0.25, -0.2) is 0 Å². The fourth-order valence-corrected chi connectivity index (χ4v) is 5.35. The lowest BCUT2D eigenvalue weighted by Gasteiger charge is -2.35. The minimum absolute atomic E-state index is 0.0236. The zero-order valence-electron chi connectivity index (χ0n) is 20.4. The second-order valence-electron chi connectivity index (χ2n) is 9.14. The number of aryl methyl sites for hydroxylation is 1. The Balaban J connectivity index is 1.48. The molecule has 1 fully saturated rings. The summed E-state index contributed by atoms with van der Waals surface area (Å²) in [4.78, 5) is 28.9. The molecule has 0 bridgehead atoms. The molecule has 0 saturated carbocycles. The van der Waals surface area contributed by atoms with Gasteiger partial charge in [-0.2, -0.15) is 5.10 Å². The molecule has 1 aliphatic rings. The van der Waals surface area contributed by atoms with Crippen molar-refractivity contribution in [2.45, 2.75) is 33.0 Å². The topological polar surface area (TPSA) is 87.3 Å². The minimum Gasteiger partial charge on any atom is -0.372 e. The number of morpholine rings is 1. The summed E-state index contributed by atoms with van der Waals surface area (Å²) in [5.74, 6) is -0.269. The monoisotopic (exact) mass is 500 g/mol. The van der Waals surface area contributed by atoms with Gasteiger partial charge in [0.25, 0.3) is 11.8 Å². The molecule has 2 unspecified atom stereocenters. The van der Waals surface area contributed by atoms with E-state index >= 15 is 0 Å². The molecule has 3 heterocycles. The van der Waals surface area contributed by atoms with Crippen molar-refractivity contribution in [2.24, 2.45) is 0 Å². The lowest BCUT2D eigenvalue weighted by atomic mass is 10.1. The maximum Gasteiger partial charge on any atom is 0.266 e. The van der Waals surface area contributed by atoms with Crippen LogP contribution >= 0.6 is 11.3 Å². The fraction of sp³-hybridized carbons (Fsp3) is 0.250. The van der Waals surface area contributed by atoms with Gasteiger partial charge in [0, 0.05) is 29.7 Å². The number of ether oxygens (including phenoxy) is 1. The summed E-state index contributed by atoms with van der Waals surface area (Å²) in [7, 11) is 0. The number of nitrogens with one attached hydrogen (secondary N) is 2. The summed E-state index contributed by atoms with van der Waals surface area (Å²) in [6, 6.07) is 15.3. The Morgan fingerprint density at radius 3 is 2.64 bits per heavy atom. The highest BCUT2D eigenvalue weighted by molar-refractivity contribution is 7.12. The van der Waals surface area contributed by atoms with Crippen molar-refractivity contribution in [2.75, 3.05) is 18.4 Å². The van der Waals surface area contributed by atoms with E-state index in [0.717, 1.165) is 27.7 Å². The number of hydrogen-bond acceptors (Lipinski definition) is 5. The number of fused-ring (bicyclic) bond motifs is 1. The van der Waals surface area contributed by atoms with Gasteiger partial charge in [0.05, 0.1) is 28.3 Å². The van der Waals surface area contributed by atoms with Crippen LogP contribution in [0, 0.1) is 6.92 Å². The minimum atomic E-state index is -0.194. The van der Waals surface area contributed by atoms with Crippen molar-refractivity contribution in [3.05, 3.63) is 81.2 Å². The highest BCUT2D eigenvalue weighted by Gasteiger charge is 2.27. The first-order valence-corrected chi connectivity index (χ1v) is 12.8. The average molecular weight is 501 g/mol. The number of H-pyrrole nitrogens is 1. The molecule has 0 spiro atoms. The van der Waals surface area contributed by atoms with Crippen molar-refractivity contribution < 1.29 is 14.3 Å². The number of hydrogen-bond donors (Lipinski definition) is 2. The number of thiophene rings is 1. The van der Waals surface area contributed by atoms with E-state index in [9.17, 15) is 9.59 Å². The summed E-state index contributed by atoms with van der Waals surface area (Å²) < 4.78 is 5.78. The van der Waals surface area contributed by atoms with Crippen LogP contribution in [0.4, 0.5) is 5.69 Å². The lowest BCUT2D eigenvalue weighted by Crippen LogP contribution is -2.48. The molecule has 1 saturated heterocycles. The van der Waals surface area contributed by atoms with Crippen LogP contribution < -0.4 is 5.32 Å². The fourth-order valence-electron chi connectivity index (χ4n) is 4.53. The first kappa shape index (κ1) is 24.0. The van der Waals surface area contributed by atoms with Crippen LogP contribution in [-0.2, 0) is 4.74 Å². The third-order valence-electron chi connectivity index (χ3n) is 6.24. The highest BCUT2D eigenvalue weighted by atomic mass is 32.1. The van der Waals surface area contributed by atoms with Gasteiger partial charge in [0.1, 0.15) is 0 Å². The number of anilines is 1. The van der Waals surface area contributed by atoms with E-state index in [1.165, 1.54) is 11.3 Å². The van der Waals surface area contributed by atoms with Crippen LogP contribution in [0.3, 0.4) is 0 Å². The first-order valence-electron chi connectivity index (χ1n) is 11.9.